The van der Waals surface area contributed by atoms with Crippen molar-refractivity contribution in [2.75, 3.05) is 6.61 Å². The van der Waals surface area contributed by atoms with Gasteiger partial charge in [-0.1, -0.05) is 6.07 Å². The molecule has 1 aromatic heterocycles. The van der Waals surface area contributed by atoms with E-state index in [9.17, 15) is 27.9 Å². The summed E-state index contributed by atoms with van der Waals surface area (Å²) in [4.78, 5) is 23.7. The highest BCUT2D eigenvalue weighted by atomic mass is 19.2. The zero-order valence-electron chi connectivity index (χ0n) is 13.6. The number of aliphatic hydroxyl groups excluding tert-OH is 1. The van der Waals surface area contributed by atoms with E-state index in [1.54, 1.807) is 0 Å². The van der Waals surface area contributed by atoms with Crippen molar-refractivity contribution in [3.05, 3.63) is 63.0 Å². The van der Waals surface area contributed by atoms with Gasteiger partial charge in [0.05, 0.1) is 18.9 Å². The van der Waals surface area contributed by atoms with Crippen molar-refractivity contribution in [1.82, 2.24) is 0 Å². The third-order valence-electron chi connectivity index (χ3n) is 3.59. The molecule has 0 aliphatic carbocycles. The molecular weight excluding hydrogens is 357 g/mol. The van der Waals surface area contributed by atoms with Crippen LogP contribution in [0.25, 0.3) is 0 Å². The highest BCUT2D eigenvalue weighted by Crippen LogP contribution is 2.35. The molecule has 0 saturated heterocycles. The number of hydrogen-bond donors (Lipinski definition) is 2. The second-order valence-corrected chi connectivity index (χ2v) is 5.27. The first-order valence-corrected chi connectivity index (χ1v) is 7.55. The number of rotatable bonds is 6. The van der Waals surface area contributed by atoms with Gasteiger partial charge in [-0.25, -0.2) is 13.2 Å². The maximum absolute atomic E-state index is 14.2. The topological polar surface area (TPSA) is 97.0 Å². The van der Waals surface area contributed by atoms with Gasteiger partial charge in [-0.05, 0) is 13.0 Å². The molecule has 1 heterocycles. The minimum absolute atomic E-state index is 0.00156. The largest absolute Gasteiger partial charge is 0.502 e. The minimum atomic E-state index is -1.78. The summed E-state index contributed by atoms with van der Waals surface area (Å²) >= 11 is 0. The number of ether oxygens (including phenoxy) is 1. The van der Waals surface area contributed by atoms with Gasteiger partial charge in [-0.2, -0.15) is 0 Å². The smallest absolute Gasteiger partial charge is 0.306 e. The van der Waals surface area contributed by atoms with Crippen LogP contribution in [0.5, 0.6) is 5.75 Å². The summed E-state index contributed by atoms with van der Waals surface area (Å²) in [5.41, 5.74) is -1.47. The molecule has 0 spiro atoms. The number of benzene rings is 1. The van der Waals surface area contributed by atoms with Crippen LogP contribution in [0.4, 0.5) is 13.2 Å². The van der Waals surface area contributed by atoms with Crippen molar-refractivity contribution < 1.29 is 37.3 Å². The van der Waals surface area contributed by atoms with Crippen molar-refractivity contribution in [1.29, 1.82) is 0 Å². The van der Waals surface area contributed by atoms with Crippen molar-refractivity contribution in [3.63, 3.8) is 0 Å². The Morgan fingerprint density at radius 1 is 1.27 bits per heavy atom. The van der Waals surface area contributed by atoms with Gasteiger partial charge in [0.1, 0.15) is 12.4 Å². The number of aliphatic hydroxyl groups is 1. The zero-order valence-corrected chi connectivity index (χ0v) is 13.6. The van der Waals surface area contributed by atoms with E-state index in [1.807, 2.05) is 0 Å². The Hall–Kier alpha value is -2.81. The molecule has 1 aromatic carbocycles. The number of esters is 1. The average Bonchev–Trinajstić information content (AvgIpc) is 2.61. The van der Waals surface area contributed by atoms with Crippen molar-refractivity contribution >= 4 is 5.97 Å². The van der Waals surface area contributed by atoms with E-state index in [4.69, 9.17) is 14.3 Å². The molecule has 0 aliphatic rings. The standard InChI is InChI=1S/C17H15F3O6/c1-2-25-13(23)6-10(9-3-4-11(18)15(20)14(9)19)17-16(24)12(22)5-8(7-21)26-17/h3-5,10,21,24H,2,6-7H2,1H3/t10-/m1/s1. The summed E-state index contributed by atoms with van der Waals surface area (Å²) in [5.74, 6) is -8.94. The third kappa shape index (κ3) is 3.88. The van der Waals surface area contributed by atoms with E-state index in [0.717, 1.165) is 12.1 Å². The first-order chi connectivity index (χ1) is 12.3. The maximum Gasteiger partial charge on any atom is 0.306 e. The van der Waals surface area contributed by atoms with Gasteiger partial charge in [-0.15, -0.1) is 0 Å². The van der Waals surface area contributed by atoms with Crippen LogP contribution in [0.2, 0.25) is 0 Å². The first-order valence-electron chi connectivity index (χ1n) is 7.55. The number of halogens is 3. The number of aromatic hydroxyl groups is 1. The van der Waals surface area contributed by atoms with Crippen LogP contribution < -0.4 is 5.43 Å². The maximum atomic E-state index is 14.2. The molecule has 0 fully saturated rings. The fraction of sp³-hybridized carbons (Fsp3) is 0.294. The van der Waals surface area contributed by atoms with E-state index in [-0.39, 0.29) is 12.4 Å². The molecule has 6 nitrogen and oxygen atoms in total. The Balaban J connectivity index is 2.67. The Bertz CT molecular complexity index is 878. The first kappa shape index (κ1) is 19.5. The quantitative estimate of drug-likeness (QED) is 0.597. The van der Waals surface area contributed by atoms with Crippen molar-refractivity contribution in [2.45, 2.75) is 25.9 Å². The molecule has 0 radical (unpaired) electrons. The highest BCUT2D eigenvalue weighted by Gasteiger charge is 2.30. The summed E-state index contributed by atoms with van der Waals surface area (Å²) in [6, 6.07) is 2.31. The van der Waals surface area contributed by atoms with Crippen molar-refractivity contribution in [3.8, 4) is 5.75 Å². The number of carbonyl (C=O) groups is 1. The van der Waals surface area contributed by atoms with Gasteiger partial charge in [0.15, 0.2) is 23.2 Å². The van der Waals surface area contributed by atoms with Crippen LogP contribution in [-0.2, 0) is 16.1 Å². The molecule has 0 unspecified atom stereocenters. The van der Waals surface area contributed by atoms with E-state index >= 15 is 0 Å². The Labute approximate surface area is 145 Å². The predicted molar refractivity (Wildman–Crippen MR) is 82.0 cm³/mol. The summed E-state index contributed by atoms with van der Waals surface area (Å²) < 4.78 is 51.0. The molecule has 1 atom stereocenters. The van der Waals surface area contributed by atoms with Gasteiger partial charge in [-0.3, -0.25) is 9.59 Å². The third-order valence-corrected chi connectivity index (χ3v) is 3.59. The fourth-order valence-electron chi connectivity index (χ4n) is 2.41. The van der Waals surface area contributed by atoms with E-state index in [2.05, 4.69) is 0 Å². The van der Waals surface area contributed by atoms with Gasteiger partial charge >= 0.3 is 5.97 Å². The van der Waals surface area contributed by atoms with E-state index in [0.29, 0.717) is 6.07 Å². The Kier molecular flexibility index (Phi) is 6.04. The second kappa shape index (κ2) is 8.05. The molecule has 0 saturated carbocycles. The molecule has 9 heteroatoms. The van der Waals surface area contributed by atoms with Crippen LogP contribution in [0.15, 0.2) is 27.4 Å². The SMILES string of the molecule is CCOC(=O)C[C@H](c1ccc(F)c(F)c1F)c1oc(CO)cc(=O)c1O. The van der Waals surface area contributed by atoms with Crippen LogP contribution in [0.1, 0.15) is 36.3 Å². The lowest BCUT2D eigenvalue weighted by molar-refractivity contribution is -0.143. The molecule has 140 valence electrons. The number of hydrogen-bond acceptors (Lipinski definition) is 6. The molecule has 2 aromatic rings. The van der Waals surface area contributed by atoms with Crippen LogP contribution in [0.3, 0.4) is 0 Å². The highest BCUT2D eigenvalue weighted by molar-refractivity contribution is 5.71. The fourth-order valence-corrected chi connectivity index (χ4v) is 2.41. The Morgan fingerprint density at radius 3 is 2.58 bits per heavy atom. The van der Waals surface area contributed by atoms with Crippen LogP contribution in [0, 0.1) is 17.5 Å². The molecular formula is C17H15F3O6. The van der Waals surface area contributed by atoms with Gasteiger partial charge < -0.3 is 19.4 Å². The average molecular weight is 372 g/mol. The lowest BCUT2D eigenvalue weighted by atomic mass is 9.91. The summed E-state index contributed by atoms with van der Waals surface area (Å²) in [5, 5.41) is 19.1. The number of carbonyl (C=O) groups excluding carboxylic acids is 1. The monoisotopic (exact) mass is 372 g/mol. The normalized spacial score (nSPS) is 12.0. The van der Waals surface area contributed by atoms with E-state index < -0.39 is 64.9 Å². The molecule has 0 bridgehead atoms. The summed E-state index contributed by atoms with van der Waals surface area (Å²) in [6.45, 7) is 0.808. The lowest BCUT2D eigenvalue weighted by Crippen LogP contribution is -2.16. The van der Waals surface area contributed by atoms with Crippen LogP contribution >= 0.6 is 0 Å². The summed E-state index contributed by atoms with van der Waals surface area (Å²) in [6.07, 6.45) is -0.624. The van der Waals surface area contributed by atoms with Crippen LogP contribution in [-0.4, -0.2) is 22.8 Å². The van der Waals surface area contributed by atoms with Crippen molar-refractivity contribution in [2.24, 2.45) is 0 Å². The summed E-state index contributed by atoms with van der Waals surface area (Å²) in [7, 11) is 0. The minimum Gasteiger partial charge on any atom is -0.502 e. The molecule has 2 N–H and O–H groups in total. The van der Waals surface area contributed by atoms with Gasteiger partial charge in [0, 0.05) is 11.6 Å². The van der Waals surface area contributed by atoms with Gasteiger partial charge in [0.25, 0.3) is 0 Å². The lowest BCUT2D eigenvalue weighted by Gasteiger charge is -2.18. The zero-order chi connectivity index (χ0) is 19.4. The Morgan fingerprint density at radius 2 is 1.96 bits per heavy atom. The van der Waals surface area contributed by atoms with E-state index in [1.165, 1.54) is 6.92 Å². The molecule has 2 rings (SSSR count). The molecule has 0 amide bonds. The second-order valence-electron chi connectivity index (χ2n) is 5.27. The predicted octanol–water partition coefficient (Wildman–Crippen LogP) is 2.34. The molecule has 0 aliphatic heterocycles. The molecule has 26 heavy (non-hydrogen) atoms. The van der Waals surface area contributed by atoms with Gasteiger partial charge in [0.2, 0.25) is 11.2 Å².